The summed E-state index contributed by atoms with van der Waals surface area (Å²) in [6, 6.07) is 0. The van der Waals surface area contributed by atoms with Gasteiger partial charge >= 0.3 is 0 Å². The molecule has 0 unspecified atom stereocenters. The zero-order valence-electron chi connectivity index (χ0n) is 10.3. The summed E-state index contributed by atoms with van der Waals surface area (Å²) in [5.41, 5.74) is 0.606. The molecule has 1 aliphatic heterocycles. The summed E-state index contributed by atoms with van der Waals surface area (Å²) < 4.78 is 0. The summed E-state index contributed by atoms with van der Waals surface area (Å²) >= 11 is 0. The van der Waals surface area contributed by atoms with Gasteiger partial charge in [-0.05, 0) is 49.7 Å². The van der Waals surface area contributed by atoms with E-state index in [4.69, 9.17) is 0 Å². The second-order valence-corrected chi connectivity index (χ2v) is 6.04. The van der Waals surface area contributed by atoms with Gasteiger partial charge in [-0.25, -0.2) is 0 Å². The van der Waals surface area contributed by atoms with Crippen molar-refractivity contribution < 1.29 is 0 Å². The van der Waals surface area contributed by atoms with E-state index in [9.17, 15) is 0 Å². The van der Waals surface area contributed by atoms with Gasteiger partial charge in [0, 0.05) is 6.54 Å². The molecule has 0 aromatic rings. The Bertz CT molecular complexity index is 197. The molecule has 1 saturated heterocycles. The van der Waals surface area contributed by atoms with E-state index in [0.717, 1.165) is 11.8 Å². The standard InChI is InChI=1S/C13H26N2/c1-11-7-14-8-12(11)9-15-10-13(2)5-3-4-6-13/h11-12,14-15H,3-10H2,1-2H3/t11-,12+/m1/s1. The smallest absolute Gasteiger partial charge is 0.000529 e. The molecule has 1 saturated carbocycles. The van der Waals surface area contributed by atoms with Crippen molar-refractivity contribution in [2.45, 2.75) is 39.5 Å². The first-order valence-corrected chi connectivity index (χ1v) is 6.61. The van der Waals surface area contributed by atoms with Crippen LogP contribution in [0.25, 0.3) is 0 Å². The molecule has 0 aromatic carbocycles. The Labute approximate surface area is 94.2 Å². The van der Waals surface area contributed by atoms with Gasteiger partial charge in [0.15, 0.2) is 0 Å². The van der Waals surface area contributed by atoms with Crippen molar-refractivity contribution in [3.05, 3.63) is 0 Å². The minimum absolute atomic E-state index is 0.606. The van der Waals surface area contributed by atoms with Gasteiger partial charge in [0.25, 0.3) is 0 Å². The zero-order valence-corrected chi connectivity index (χ0v) is 10.3. The Morgan fingerprint density at radius 1 is 1.27 bits per heavy atom. The first-order valence-electron chi connectivity index (χ1n) is 6.61. The van der Waals surface area contributed by atoms with Crippen molar-refractivity contribution in [3.8, 4) is 0 Å². The molecule has 0 aromatic heterocycles. The fraction of sp³-hybridized carbons (Fsp3) is 1.00. The van der Waals surface area contributed by atoms with E-state index in [1.165, 1.54) is 51.9 Å². The van der Waals surface area contributed by atoms with Gasteiger partial charge in [0.1, 0.15) is 0 Å². The summed E-state index contributed by atoms with van der Waals surface area (Å²) in [5.74, 6) is 1.71. The molecule has 88 valence electrons. The molecule has 2 atom stereocenters. The third-order valence-corrected chi connectivity index (χ3v) is 4.45. The van der Waals surface area contributed by atoms with Crippen LogP contribution in [0.2, 0.25) is 0 Å². The van der Waals surface area contributed by atoms with Gasteiger partial charge in [-0.2, -0.15) is 0 Å². The van der Waals surface area contributed by atoms with Crippen LogP contribution < -0.4 is 10.6 Å². The van der Waals surface area contributed by atoms with Crippen LogP contribution in [0.3, 0.4) is 0 Å². The molecule has 2 rings (SSSR count). The predicted molar refractivity (Wildman–Crippen MR) is 65.0 cm³/mol. The van der Waals surface area contributed by atoms with E-state index in [2.05, 4.69) is 24.5 Å². The number of rotatable bonds is 4. The highest BCUT2D eigenvalue weighted by molar-refractivity contribution is 4.84. The summed E-state index contributed by atoms with van der Waals surface area (Å²) in [4.78, 5) is 0. The lowest BCUT2D eigenvalue weighted by atomic mass is 9.88. The van der Waals surface area contributed by atoms with Gasteiger partial charge in [-0.1, -0.05) is 26.7 Å². The minimum atomic E-state index is 0.606. The summed E-state index contributed by atoms with van der Waals surface area (Å²) in [6.07, 6.45) is 5.75. The van der Waals surface area contributed by atoms with Gasteiger partial charge in [0.2, 0.25) is 0 Å². The van der Waals surface area contributed by atoms with Crippen LogP contribution in [0.4, 0.5) is 0 Å². The van der Waals surface area contributed by atoms with Crippen LogP contribution in [-0.4, -0.2) is 26.2 Å². The van der Waals surface area contributed by atoms with E-state index in [1.54, 1.807) is 0 Å². The highest BCUT2D eigenvalue weighted by Crippen LogP contribution is 2.36. The number of hydrogen-bond donors (Lipinski definition) is 2. The second kappa shape index (κ2) is 4.84. The monoisotopic (exact) mass is 210 g/mol. The number of nitrogens with one attached hydrogen (secondary N) is 2. The average Bonchev–Trinajstić information content (AvgIpc) is 2.78. The maximum Gasteiger partial charge on any atom is 0.000529 e. The summed E-state index contributed by atoms with van der Waals surface area (Å²) in [5, 5.41) is 7.17. The van der Waals surface area contributed by atoms with Crippen LogP contribution >= 0.6 is 0 Å². The minimum Gasteiger partial charge on any atom is -0.316 e. The van der Waals surface area contributed by atoms with E-state index in [1.807, 2.05) is 0 Å². The van der Waals surface area contributed by atoms with Gasteiger partial charge in [0.05, 0.1) is 0 Å². The Morgan fingerprint density at radius 2 is 2.00 bits per heavy atom. The third kappa shape index (κ3) is 2.94. The van der Waals surface area contributed by atoms with Crippen molar-refractivity contribution in [2.24, 2.45) is 17.3 Å². The molecule has 2 heteroatoms. The topological polar surface area (TPSA) is 24.1 Å². The first kappa shape index (κ1) is 11.4. The number of hydrogen-bond acceptors (Lipinski definition) is 2. The van der Waals surface area contributed by atoms with Crippen molar-refractivity contribution in [2.75, 3.05) is 26.2 Å². The van der Waals surface area contributed by atoms with Crippen LogP contribution in [-0.2, 0) is 0 Å². The van der Waals surface area contributed by atoms with Crippen molar-refractivity contribution >= 4 is 0 Å². The average molecular weight is 210 g/mol. The molecular weight excluding hydrogens is 184 g/mol. The molecule has 2 nitrogen and oxygen atoms in total. The normalized spacial score (nSPS) is 34.8. The van der Waals surface area contributed by atoms with Gasteiger partial charge < -0.3 is 10.6 Å². The Balaban J connectivity index is 1.65. The van der Waals surface area contributed by atoms with Crippen molar-refractivity contribution in [1.29, 1.82) is 0 Å². The lowest BCUT2D eigenvalue weighted by molar-refractivity contribution is 0.298. The molecule has 0 radical (unpaired) electrons. The fourth-order valence-electron chi connectivity index (χ4n) is 3.10. The van der Waals surface area contributed by atoms with Crippen LogP contribution in [0.15, 0.2) is 0 Å². The van der Waals surface area contributed by atoms with Crippen molar-refractivity contribution in [3.63, 3.8) is 0 Å². The molecular formula is C13H26N2. The molecule has 0 spiro atoms. The van der Waals surface area contributed by atoms with Crippen molar-refractivity contribution in [1.82, 2.24) is 10.6 Å². The Kier molecular flexibility index (Phi) is 3.68. The summed E-state index contributed by atoms with van der Waals surface area (Å²) in [7, 11) is 0. The van der Waals surface area contributed by atoms with Crippen LogP contribution in [0, 0.1) is 17.3 Å². The summed E-state index contributed by atoms with van der Waals surface area (Å²) in [6.45, 7) is 9.68. The predicted octanol–water partition coefficient (Wildman–Crippen LogP) is 2.01. The lowest BCUT2D eigenvalue weighted by Gasteiger charge is -2.25. The van der Waals surface area contributed by atoms with E-state index < -0.39 is 0 Å². The molecule has 2 N–H and O–H groups in total. The molecule has 2 aliphatic rings. The van der Waals surface area contributed by atoms with E-state index in [-0.39, 0.29) is 0 Å². The zero-order chi connectivity index (χ0) is 10.7. The third-order valence-electron chi connectivity index (χ3n) is 4.45. The molecule has 15 heavy (non-hydrogen) atoms. The fourth-order valence-corrected chi connectivity index (χ4v) is 3.10. The van der Waals surface area contributed by atoms with Gasteiger partial charge in [-0.3, -0.25) is 0 Å². The largest absolute Gasteiger partial charge is 0.316 e. The molecule has 2 fully saturated rings. The van der Waals surface area contributed by atoms with E-state index >= 15 is 0 Å². The second-order valence-electron chi connectivity index (χ2n) is 6.04. The van der Waals surface area contributed by atoms with Crippen LogP contribution in [0.5, 0.6) is 0 Å². The van der Waals surface area contributed by atoms with Crippen LogP contribution in [0.1, 0.15) is 39.5 Å². The van der Waals surface area contributed by atoms with E-state index in [0.29, 0.717) is 5.41 Å². The quantitative estimate of drug-likeness (QED) is 0.742. The SMILES string of the molecule is C[C@@H]1CNC[C@H]1CNCC1(C)CCCC1. The Morgan fingerprint density at radius 3 is 2.60 bits per heavy atom. The first-order chi connectivity index (χ1) is 7.20. The molecule has 1 heterocycles. The highest BCUT2D eigenvalue weighted by atomic mass is 15.0. The molecule has 0 bridgehead atoms. The molecule has 0 amide bonds. The molecule has 1 aliphatic carbocycles. The van der Waals surface area contributed by atoms with Gasteiger partial charge in [-0.15, -0.1) is 0 Å². The highest BCUT2D eigenvalue weighted by Gasteiger charge is 2.29. The maximum atomic E-state index is 3.70. The Hall–Kier alpha value is -0.0800. The maximum absolute atomic E-state index is 3.70. The lowest BCUT2D eigenvalue weighted by Crippen LogP contribution is -2.34.